The van der Waals surface area contributed by atoms with Gasteiger partial charge < -0.3 is 5.11 Å². The fraction of sp³-hybridized carbons (Fsp3) is 0.389. The van der Waals surface area contributed by atoms with Crippen LogP contribution < -0.4 is 0 Å². The van der Waals surface area contributed by atoms with Crippen LogP contribution in [0.5, 0.6) is 5.75 Å². The molecule has 2 bridgehead atoms. The van der Waals surface area contributed by atoms with Crippen LogP contribution >= 0.6 is 15.9 Å². The van der Waals surface area contributed by atoms with Crippen molar-refractivity contribution >= 4 is 39.6 Å². The van der Waals surface area contributed by atoms with Gasteiger partial charge in [0.25, 0.3) is 17.5 Å². The van der Waals surface area contributed by atoms with Crippen molar-refractivity contribution in [3.05, 3.63) is 44.4 Å². The number of phenols is 1. The lowest BCUT2D eigenvalue weighted by Gasteiger charge is -2.37. The molecule has 1 heterocycles. The van der Waals surface area contributed by atoms with E-state index >= 15 is 0 Å². The molecule has 6 atom stereocenters. The highest BCUT2D eigenvalue weighted by Crippen LogP contribution is 2.65. The molecule has 1 aliphatic heterocycles. The van der Waals surface area contributed by atoms with Crippen molar-refractivity contribution in [3.63, 3.8) is 0 Å². The number of imide groups is 1. The molecule has 1 saturated heterocycles. The summed E-state index contributed by atoms with van der Waals surface area (Å²) in [5, 5.41) is 26.0. The van der Waals surface area contributed by atoms with Crippen LogP contribution in [0, 0.1) is 45.6 Å². The van der Waals surface area contributed by atoms with E-state index in [1.807, 2.05) is 0 Å². The van der Waals surface area contributed by atoms with E-state index in [0.29, 0.717) is 11.8 Å². The standard InChI is InChI=1S/C18H14BrN3O5/c19-13-4-8(22(26)27)3-7(16(13)23)6-20-21-17(24)14-9-1-2-10(12-5-11(9)12)15(14)18(21)25/h1-4,6,9-12,14-15,23H,5H2. The molecule has 27 heavy (non-hydrogen) atoms. The fourth-order valence-electron chi connectivity index (χ4n) is 4.98. The van der Waals surface area contributed by atoms with Gasteiger partial charge in [0.15, 0.2) is 0 Å². The summed E-state index contributed by atoms with van der Waals surface area (Å²) in [5.41, 5.74) is -0.188. The number of nitro groups is 1. The number of allylic oxidation sites excluding steroid dienone is 2. The molecular weight excluding hydrogens is 418 g/mol. The number of carbonyl (C=O) groups is 2. The monoisotopic (exact) mass is 431 g/mol. The Morgan fingerprint density at radius 3 is 2.33 bits per heavy atom. The van der Waals surface area contributed by atoms with Gasteiger partial charge in [-0.2, -0.15) is 10.1 Å². The van der Waals surface area contributed by atoms with Gasteiger partial charge in [-0.15, -0.1) is 0 Å². The smallest absolute Gasteiger partial charge is 0.271 e. The number of hydrogen-bond donors (Lipinski definition) is 1. The van der Waals surface area contributed by atoms with Gasteiger partial charge in [-0.1, -0.05) is 12.2 Å². The predicted octanol–water partition coefficient (Wildman–Crippen LogP) is 2.45. The Morgan fingerprint density at radius 2 is 1.78 bits per heavy atom. The number of nitro benzene ring substituents is 1. The number of aromatic hydroxyl groups is 1. The summed E-state index contributed by atoms with van der Waals surface area (Å²) in [7, 11) is 0. The van der Waals surface area contributed by atoms with Gasteiger partial charge in [0, 0.05) is 17.7 Å². The summed E-state index contributed by atoms with van der Waals surface area (Å²) >= 11 is 3.06. The van der Waals surface area contributed by atoms with Crippen molar-refractivity contribution in [2.24, 2.45) is 40.6 Å². The maximum absolute atomic E-state index is 12.8. The van der Waals surface area contributed by atoms with E-state index in [1.165, 1.54) is 6.07 Å². The molecule has 9 heteroatoms. The summed E-state index contributed by atoms with van der Waals surface area (Å²) in [6, 6.07) is 2.31. The number of phenolic OH excluding ortho intramolecular Hbond substituents is 1. The third kappa shape index (κ3) is 2.24. The first-order chi connectivity index (χ1) is 12.9. The first-order valence-electron chi connectivity index (χ1n) is 8.65. The fourth-order valence-corrected chi connectivity index (χ4v) is 5.45. The van der Waals surface area contributed by atoms with Gasteiger partial charge in [-0.25, -0.2) is 0 Å². The van der Waals surface area contributed by atoms with Crippen molar-refractivity contribution in [1.29, 1.82) is 0 Å². The number of nitrogens with zero attached hydrogens (tertiary/aromatic N) is 3. The SMILES string of the molecule is O=C1C2C3C=CC(C4CC34)C2C(=O)N1N=Cc1cc([N+](=O)[O-])cc(Br)c1O. The van der Waals surface area contributed by atoms with Gasteiger partial charge in [0.05, 0.1) is 27.4 Å². The minimum Gasteiger partial charge on any atom is -0.506 e. The van der Waals surface area contributed by atoms with Gasteiger partial charge in [-0.3, -0.25) is 19.7 Å². The molecule has 0 radical (unpaired) electrons. The van der Waals surface area contributed by atoms with Crippen molar-refractivity contribution < 1.29 is 19.6 Å². The van der Waals surface area contributed by atoms with Crippen molar-refractivity contribution in [1.82, 2.24) is 5.01 Å². The second kappa shape index (κ2) is 5.48. The third-order valence-electron chi connectivity index (χ3n) is 6.24. The van der Waals surface area contributed by atoms with Crippen LogP contribution in [0.3, 0.4) is 0 Å². The Morgan fingerprint density at radius 1 is 1.19 bits per heavy atom. The first kappa shape index (κ1) is 16.6. The third-order valence-corrected chi connectivity index (χ3v) is 6.84. The second-order valence-corrected chi connectivity index (χ2v) is 8.36. The average molecular weight is 432 g/mol. The summed E-state index contributed by atoms with van der Waals surface area (Å²) in [5.74, 6) is -0.423. The van der Waals surface area contributed by atoms with Crippen LogP contribution in [0.2, 0.25) is 0 Å². The largest absolute Gasteiger partial charge is 0.506 e. The number of amides is 2. The number of halogens is 1. The molecule has 4 aliphatic carbocycles. The van der Waals surface area contributed by atoms with E-state index in [1.54, 1.807) is 0 Å². The average Bonchev–Trinajstić information content (AvgIpc) is 3.42. The minimum atomic E-state index is -0.599. The molecule has 1 aromatic rings. The van der Waals surface area contributed by atoms with Crippen LogP contribution in [0.1, 0.15) is 12.0 Å². The highest BCUT2D eigenvalue weighted by Gasteiger charge is 2.67. The highest BCUT2D eigenvalue weighted by atomic mass is 79.9. The molecule has 1 aromatic carbocycles. The maximum atomic E-state index is 12.8. The molecule has 0 aromatic heterocycles. The molecule has 6 unspecified atom stereocenters. The number of rotatable bonds is 3. The summed E-state index contributed by atoms with van der Waals surface area (Å²) < 4.78 is 0.133. The lowest BCUT2D eigenvalue weighted by atomic mass is 9.63. The Labute approximate surface area is 161 Å². The minimum absolute atomic E-state index is 0.0514. The van der Waals surface area contributed by atoms with Crippen LogP contribution in [0.25, 0.3) is 0 Å². The number of hydrogen-bond acceptors (Lipinski definition) is 6. The zero-order chi connectivity index (χ0) is 19.0. The van der Waals surface area contributed by atoms with E-state index in [0.717, 1.165) is 23.7 Å². The van der Waals surface area contributed by atoms with Gasteiger partial charge in [0.2, 0.25) is 0 Å². The maximum Gasteiger partial charge on any atom is 0.271 e. The normalized spacial score (nSPS) is 35.7. The first-order valence-corrected chi connectivity index (χ1v) is 9.45. The quantitative estimate of drug-likeness (QED) is 0.259. The summed E-state index contributed by atoms with van der Waals surface area (Å²) in [6.45, 7) is 0. The van der Waals surface area contributed by atoms with Crippen molar-refractivity contribution in [3.8, 4) is 5.75 Å². The van der Waals surface area contributed by atoms with Gasteiger partial charge >= 0.3 is 0 Å². The number of non-ortho nitro benzene ring substituents is 1. The molecule has 138 valence electrons. The Balaban J connectivity index is 1.47. The molecule has 6 rings (SSSR count). The van der Waals surface area contributed by atoms with Crippen molar-refractivity contribution in [2.75, 3.05) is 0 Å². The summed E-state index contributed by atoms with van der Waals surface area (Å²) in [4.78, 5) is 36.1. The Hall–Kier alpha value is -2.55. The van der Waals surface area contributed by atoms with Crippen LogP contribution in [0.15, 0.2) is 33.9 Å². The van der Waals surface area contributed by atoms with E-state index in [2.05, 4.69) is 33.2 Å². The molecule has 5 aliphatic rings. The molecule has 2 saturated carbocycles. The lowest BCUT2D eigenvalue weighted by Crippen LogP contribution is -2.40. The van der Waals surface area contributed by atoms with E-state index in [4.69, 9.17) is 0 Å². The van der Waals surface area contributed by atoms with Gasteiger partial charge in [-0.05, 0) is 46.0 Å². The predicted molar refractivity (Wildman–Crippen MR) is 96.6 cm³/mol. The molecule has 1 N–H and O–H groups in total. The zero-order valence-electron chi connectivity index (χ0n) is 13.9. The van der Waals surface area contributed by atoms with E-state index < -0.39 is 4.92 Å². The number of benzene rings is 1. The molecule has 3 fully saturated rings. The number of carbonyl (C=O) groups excluding carboxylic acids is 2. The van der Waals surface area contributed by atoms with Gasteiger partial charge in [0.1, 0.15) is 5.75 Å². The topological polar surface area (TPSA) is 113 Å². The lowest BCUT2D eigenvalue weighted by molar-refractivity contribution is -0.385. The second-order valence-electron chi connectivity index (χ2n) is 7.51. The van der Waals surface area contributed by atoms with Crippen LogP contribution in [-0.2, 0) is 9.59 Å². The molecular formula is C18H14BrN3O5. The van der Waals surface area contributed by atoms with Crippen LogP contribution in [0.4, 0.5) is 5.69 Å². The van der Waals surface area contributed by atoms with Crippen LogP contribution in [-0.4, -0.2) is 33.1 Å². The Bertz CT molecular complexity index is 938. The van der Waals surface area contributed by atoms with Crippen molar-refractivity contribution in [2.45, 2.75) is 6.42 Å². The zero-order valence-corrected chi connectivity index (χ0v) is 15.4. The Kier molecular flexibility index (Phi) is 3.37. The molecule has 0 spiro atoms. The molecule has 2 amide bonds. The van der Waals surface area contributed by atoms with E-state index in [-0.39, 0.29) is 57.0 Å². The molecule has 8 nitrogen and oxygen atoms in total. The summed E-state index contributed by atoms with van der Waals surface area (Å²) in [6.07, 6.45) is 6.34. The highest BCUT2D eigenvalue weighted by molar-refractivity contribution is 9.10. The van der Waals surface area contributed by atoms with E-state index in [9.17, 15) is 24.8 Å². The number of hydrazone groups is 1.